The smallest absolute Gasteiger partial charge is 0.264 e. The number of nitrogens with zero attached hydrogens (tertiary/aromatic N) is 2. The highest BCUT2D eigenvalue weighted by atomic mass is 35.5. The monoisotopic (exact) mass is 629 g/mol. The third-order valence-corrected chi connectivity index (χ3v) is 10.0. The van der Waals surface area contributed by atoms with Crippen LogP contribution in [0.15, 0.2) is 77.7 Å². The van der Waals surface area contributed by atoms with Gasteiger partial charge in [-0.1, -0.05) is 79.7 Å². The Morgan fingerprint density at radius 1 is 0.952 bits per heavy atom. The molecular weight excluding hydrogens is 593 g/mol. The van der Waals surface area contributed by atoms with E-state index in [1.165, 1.54) is 29.2 Å². The maximum absolute atomic E-state index is 14.2. The summed E-state index contributed by atoms with van der Waals surface area (Å²) in [6, 6.07) is 19.2. The van der Waals surface area contributed by atoms with E-state index in [4.69, 9.17) is 23.2 Å². The molecular formula is C32H37Cl2N3O4S. The van der Waals surface area contributed by atoms with Gasteiger partial charge in [-0.25, -0.2) is 8.42 Å². The number of hydrogen-bond donors (Lipinski definition) is 1. The molecule has 0 bridgehead atoms. The Kier molecular flexibility index (Phi) is 10.9. The average molecular weight is 631 g/mol. The van der Waals surface area contributed by atoms with Crippen LogP contribution in [0.25, 0.3) is 0 Å². The van der Waals surface area contributed by atoms with Crippen molar-refractivity contribution in [3.63, 3.8) is 0 Å². The maximum Gasteiger partial charge on any atom is 0.264 e. The highest BCUT2D eigenvalue weighted by Crippen LogP contribution is 2.27. The first-order valence-electron chi connectivity index (χ1n) is 14.3. The summed E-state index contributed by atoms with van der Waals surface area (Å²) in [6.07, 6.45) is 5.42. The fourth-order valence-electron chi connectivity index (χ4n) is 5.32. The van der Waals surface area contributed by atoms with Crippen LogP contribution in [0.3, 0.4) is 0 Å². The number of benzene rings is 3. The third-order valence-electron chi connectivity index (χ3n) is 7.61. The Hall–Kier alpha value is -3.07. The minimum absolute atomic E-state index is 0.000873. The predicted molar refractivity (Wildman–Crippen MR) is 168 cm³/mol. The minimum atomic E-state index is -4.17. The van der Waals surface area contributed by atoms with E-state index in [9.17, 15) is 18.0 Å². The summed E-state index contributed by atoms with van der Waals surface area (Å²) in [4.78, 5) is 29.3. The molecule has 3 aromatic rings. The molecule has 2 amide bonds. The number of hydrogen-bond acceptors (Lipinski definition) is 4. The molecule has 1 atom stereocenters. The highest BCUT2D eigenvalue weighted by molar-refractivity contribution is 7.92. The van der Waals surface area contributed by atoms with E-state index < -0.39 is 28.5 Å². The average Bonchev–Trinajstić information content (AvgIpc) is 2.97. The molecule has 1 N–H and O–H groups in total. The van der Waals surface area contributed by atoms with Crippen LogP contribution < -0.4 is 9.62 Å². The molecule has 1 aliphatic rings. The zero-order valence-corrected chi connectivity index (χ0v) is 26.3. The number of amides is 2. The fourth-order valence-corrected chi connectivity index (χ4v) is 7.05. The maximum atomic E-state index is 14.2. The van der Waals surface area contributed by atoms with Crippen LogP contribution in [0.2, 0.25) is 10.0 Å². The van der Waals surface area contributed by atoms with Gasteiger partial charge < -0.3 is 10.2 Å². The van der Waals surface area contributed by atoms with Crippen molar-refractivity contribution >= 4 is 50.7 Å². The van der Waals surface area contributed by atoms with Crippen LogP contribution >= 0.6 is 23.2 Å². The Bertz CT molecular complexity index is 1490. The van der Waals surface area contributed by atoms with Crippen molar-refractivity contribution in [3.8, 4) is 0 Å². The summed E-state index contributed by atoms with van der Waals surface area (Å²) in [5.74, 6) is -0.757. The van der Waals surface area contributed by atoms with Gasteiger partial charge in [-0.3, -0.25) is 13.9 Å². The van der Waals surface area contributed by atoms with Crippen LogP contribution in [-0.2, 0) is 26.2 Å². The van der Waals surface area contributed by atoms with Gasteiger partial charge in [-0.05, 0) is 79.8 Å². The molecule has 7 nitrogen and oxygen atoms in total. The molecule has 0 heterocycles. The summed E-state index contributed by atoms with van der Waals surface area (Å²) in [7, 11) is -4.17. The highest BCUT2D eigenvalue weighted by Gasteiger charge is 2.34. The molecule has 42 heavy (non-hydrogen) atoms. The first-order chi connectivity index (χ1) is 20.1. The van der Waals surface area contributed by atoms with Gasteiger partial charge in [0.05, 0.1) is 10.6 Å². The Balaban J connectivity index is 1.71. The molecule has 0 saturated heterocycles. The molecule has 224 valence electrons. The van der Waals surface area contributed by atoms with Crippen molar-refractivity contribution in [1.29, 1.82) is 0 Å². The molecule has 10 heteroatoms. The third kappa shape index (κ3) is 7.85. The van der Waals surface area contributed by atoms with Crippen molar-refractivity contribution in [3.05, 3.63) is 94.0 Å². The Morgan fingerprint density at radius 3 is 2.29 bits per heavy atom. The normalized spacial score (nSPS) is 14.7. The van der Waals surface area contributed by atoms with Crippen LogP contribution in [0, 0.1) is 6.92 Å². The van der Waals surface area contributed by atoms with Gasteiger partial charge in [0.15, 0.2) is 0 Å². The van der Waals surface area contributed by atoms with Crippen LogP contribution in [-0.4, -0.2) is 43.8 Å². The molecule has 3 aromatic carbocycles. The lowest BCUT2D eigenvalue weighted by Crippen LogP contribution is -2.54. The zero-order valence-electron chi connectivity index (χ0n) is 23.9. The molecule has 1 fully saturated rings. The van der Waals surface area contributed by atoms with E-state index in [0.717, 1.165) is 42.0 Å². The molecule has 1 saturated carbocycles. The first-order valence-corrected chi connectivity index (χ1v) is 16.5. The molecule has 0 spiro atoms. The summed E-state index contributed by atoms with van der Waals surface area (Å²) in [5, 5.41) is 4.01. The van der Waals surface area contributed by atoms with Crippen molar-refractivity contribution in [2.75, 3.05) is 10.8 Å². The molecule has 1 aliphatic carbocycles. The van der Waals surface area contributed by atoms with Crippen molar-refractivity contribution in [2.45, 2.75) is 75.9 Å². The van der Waals surface area contributed by atoms with Gasteiger partial charge >= 0.3 is 0 Å². The van der Waals surface area contributed by atoms with E-state index in [-0.39, 0.29) is 23.4 Å². The second kappa shape index (κ2) is 14.4. The largest absolute Gasteiger partial charge is 0.352 e. The number of carbonyl (C=O) groups excluding carboxylic acids is 2. The van der Waals surface area contributed by atoms with Crippen molar-refractivity contribution in [1.82, 2.24) is 10.2 Å². The quantitative estimate of drug-likeness (QED) is 0.254. The number of halogens is 2. The van der Waals surface area contributed by atoms with E-state index >= 15 is 0 Å². The SMILES string of the molecule is CCC(C(=O)NC1CCCCC1)N(Cc1ccccc1Cl)C(=O)CN(c1cccc(C)c1)S(=O)(=O)c1ccc(Cl)cc1. The molecule has 0 aliphatic heterocycles. The van der Waals surface area contributed by atoms with Crippen LogP contribution in [0.1, 0.15) is 56.6 Å². The number of rotatable bonds is 11. The van der Waals surface area contributed by atoms with Gasteiger partial charge in [0.25, 0.3) is 10.0 Å². The van der Waals surface area contributed by atoms with Crippen LogP contribution in [0.5, 0.6) is 0 Å². The van der Waals surface area contributed by atoms with E-state index in [2.05, 4.69) is 5.32 Å². The van der Waals surface area contributed by atoms with E-state index in [0.29, 0.717) is 27.7 Å². The standard InChI is InChI=1S/C32H37Cl2N3O4S/c1-3-30(32(39)35-26-12-5-4-6-13-26)36(21-24-11-7-8-15-29(24)34)31(38)22-37(27-14-9-10-23(2)20-27)42(40,41)28-18-16-25(33)17-19-28/h7-11,14-20,26,30H,3-6,12-13,21-22H2,1-2H3,(H,35,39). The fraction of sp³-hybridized carbons (Fsp3) is 0.375. The molecule has 0 aromatic heterocycles. The number of carbonyl (C=O) groups is 2. The summed E-state index contributed by atoms with van der Waals surface area (Å²) >= 11 is 12.5. The number of sulfonamides is 1. The first kappa shape index (κ1) is 31.9. The lowest BCUT2D eigenvalue weighted by atomic mass is 9.95. The van der Waals surface area contributed by atoms with E-state index in [1.807, 2.05) is 26.0 Å². The number of nitrogens with one attached hydrogen (secondary N) is 1. The number of aryl methyl sites for hydroxylation is 1. The second-order valence-corrected chi connectivity index (χ2v) is 13.4. The van der Waals surface area contributed by atoms with Gasteiger partial charge in [-0.15, -0.1) is 0 Å². The zero-order chi connectivity index (χ0) is 30.3. The predicted octanol–water partition coefficient (Wildman–Crippen LogP) is 6.75. The minimum Gasteiger partial charge on any atom is -0.352 e. The number of anilines is 1. The summed E-state index contributed by atoms with van der Waals surface area (Å²) in [6.45, 7) is 3.25. The molecule has 0 radical (unpaired) electrons. The lowest BCUT2D eigenvalue weighted by molar-refractivity contribution is -0.140. The second-order valence-electron chi connectivity index (χ2n) is 10.7. The van der Waals surface area contributed by atoms with Crippen LogP contribution in [0.4, 0.5) is 5.69 Å². The summed E-state index contributed by atoms with van der Waals surface area (Å²) < 4.78 is 29.0. The van der Waals surface area contributed by atoms with Gasteiger partial charge in [-0.2, -0.15) is 0 Å². The van der Waals surface area contributed by atoms with Gasteiger partial charge in [0.1, 0.15) is 12.6 Å². The van der Waals surface area contributed by atoms with Gasteiger partial charge in [0, 0.05) is 22.6 Å². The summed E-state index contributed by atoms with van der Waals surface area (Å²) in [5.41, 5.74) is 1.84. The molecule has 4 rings (SSSR count). The van der Waals surface area contributed by atoms with E-state index in [1.54, 1.807) is 36.4 Å². The van der Waals surface area contributed by atoms with Crippen molar-refractivity contribution in [2.24, 2.45) is 0 Å². The van der Waals surface area contributed by atoms with Crippen molar-refractivity contribution < 1.29 is 18.0 Å². The Labute approximate surface area is 258 Å². The molecule has 1 unspecified atom stereocenters. The lowest BCUT2D eigenvalue weighted by Gasteiger charge is -2.34. The Morgan fingerprint density at radius 2 is 1.64 bits per heavy atom. The topological polar surface area (TPSA) is 86.8 Å². The van der Waals surface area contributed by atoms with Gasteiger partial charge in [0.2, 0.25) is 11.8 Å².